The fourth-order valence-corrected chi connectivity index (χ4v) is 2.62. The zero-order valence-electron chi connectivity index (χ0n) is 12.5. The van der Waals surface area contributed by atoms with Crippen LogP contribution in [0.3, 0.4) is 0 Å². The van der Waals surface area contributed by atoms with Crippen LogP contribution in [-0.4, -0.2) is 11.9 Å². The number of rotatable bonds is 2. The Hall–Kier alpha value is -2.75. The van der Waals surface area contributed by atoms with Crippen molar-refractivity contribution in [3.63, 3.8) is 0 Å². The van der Waals surface area contributed by atoms with Crippen molar-refractivity contribution in [1.29, 1.82) is 0 Å². The second-order valence-electron chi connectivity index (χ2n) is 5.26. The highest BCUT2D eigenvalue weighted by atomic mass is 19.1. The Bertz CT molecular complexity index is 812. The Morgan fingerprint density at radius 2 is 1.52 bits per heavy atom. The maximum Gasteiger partial charge on any atom is 0.138 e. The number of halogens is 3. The number of nitrogens with zero attached hydrogens (tertiary/aromatic N) is 1. The van der Waals surface area contributed by atoms with Crippen LogP contribution in [-0.2, 0) is 0 Å². The quantitative estimate of drug-likeness (QED) is 0.755. The minimum atomic E-state index is -0.946. The third kappa shape index (κ3) is 2.68. The lowest BCUT2D eigenvalue weighted by Gasteiger charge is -2.29. The molecule has 2 aromatic rings. The first-order chi connectivity index (χ1) is 11.0. The smallest absolute Gasteiger partial charge is 0.138 e. The highest BCUT2D eigenvalue weighted by Gasteiger charge is 2.25. The summed E-state index contributed by atoms with van der Waals surface area (Å²) < 4.78 is 41.8. The van der Waals surface area contributed by atoms with Crippen LogP contribution in [0, 0.1) is 17.5 Å². The van der Waals surface area contributed by atoms with Crippen LogP contribution in [0.25, 0.3) is 11.3 Å². The Morgan fingerprint density at radius 3 is 2.13 bits per heavy atom. The van der Waals surface area contributed by atoms with Gasteiger partial charge in [-0.1, -0.05) is 43.0 Å². The summed E-state index contributed by atoms with van der Waals surface area (Å²) in [4.78, 5) is 1.60. The normalized spacial score (nSPS) is 14.6. The van der Waals surface area contributed by atoms with Crippen molar-refractivity contribution in [1.82, 2.24) is 4.90 Å². The van der Waals surface area contributed by atoms with Gasteiger partial charge in [0.15, 0.2) is 0 Å². The molecule has 0 spiro atoms. The molecule has 23 heavy (non-hydrogen) atoms. The van der Waals surface area contributed by atoms with Crippen LogP contribution in [0.1, 0.15) is 11.1 Å². The number of allylic oxidation sites excluding steroid dienone is 3. The third-order valence-corrected chi connectivity index (χ3v) is 3.79. The summed E-state index contributed by atoms with van der Waals surface area (Å²) in [5.74, 6) is -2.83. The second-order valence-corrected chi connectivity index (χ2v) is 5.26. The van der Waals surface area contributed by atoms with E-state index in [9.17, 15) is 13.2 Å². The predicted molar refractivity (Wildman–Crippen MR) is 85.6 cm³/mol. The van der Waals surface area contributed by atoms with Gasteiger partial charge in [0, 0.05) is 30.5 Å². The molecular formula is C19H14F3N. The number of hydrogen-bond donors (Lipinski definition) is 0. The van der Waals surface area contributed by atoms with Crippen LogP contribution < -0.4 is 0 Å². The van der Waals surface area contributed by atoms with Crippen LogP contribution >= 0.6 is 0 Å². The summed E-state index contributed by atoms with van der Waals surface area (Å²) in [5, 5.41) is 0. The molecule has 0 N–H and O–H groups in total. The molecule has 0 unspecified atom stereocenters. The lowest BCUT2D eigenvalue weighted by molar-refractivity contribution is 0.525. The van der Waals surface area contributed by atoms with E-state index in [2.05, 4.69) is 6.58 Å². The van der Waals surface area contributed by atoms with Gasteiger partial charge in [0.05, 0.1) is 11.3 Å². The lowest BCUT2D eigenvalue weighted by Crippen LogP contribution is -2.20. The second kappa shape index (κ2) is 5.80. The number of hydrogen-bond acceptors (Lipinski definition) is 1. The number of benzene rings is 2. The summed E-state index contributed by atoms with van der Waals surface area (Å²) in [6.07, 6.45) is 3.53. The third-order valence-electron chi connectivity index (χ3n) is 3.79. The molecule has 1 aliphatic heterocycles. The molecule has 0 aliphatic carbocycles. The SMILES string of the molecule is C=C1C=CC(c2ccccc2)=C(c2c(F)cc(F)cc2F)N1C. The van der Waals surface area contributed by atoms with E-state index >= 15 is 0 Å². The van der Waals surface area contributed by atoms with E-state index in [1.54, 1.807) is 24.1 Å². The van der Waals surface area contributed by atoms with Crippen molar-refractivity contribution in [2.75, 3.05) is 7.05 Å². The zero-order valence-corrected chi connectivity index (χ0v) is 12.5. The summed E-state index contributed by atoms with van der Waals surface area (Å²) >= 11 is 0. The molecule has 2 aromatic carbocycles. The fourth-order valence-electron chi connectivity index (χ4n) is 2.62. The zero-order chi connectivity index (χ0) is 16.6. The van der Waals surface area contributed by atoms with Crippen LogP contribution in [0.2, 0.25) is 0 Å². The van der Waals surface area contributed by atoms with E-state index in [-0.39, 0.29) is 5.56 Å². The molecule has 0 saturated heterocycles. The molecule has 0 saturated carbocycles. The molecule has 0 atom stereocenters. The Balaban J connectivity index is 2.32. The van der Waals surface area contributed by atoms with Gasteiger partial charge in [-0.05, 0) is 11.6 Å². The standard InChI is InChI=1S/C19H14F3N/c1-12-8-9-15(13-6-4-3-5-7-13)19(23(12)2)18-16(21)10-14(20)11-17(18)22/h3-11H,1H2,2H3. The monoisotopic (exact) mass is 313 g/mol. The first kappa shape index (κ1) is 15.2. The predicted octanol–water partition coefficient (Wildman–Crippen LogP) is 4.99. The van der Waals surface area contributed by atoms with Crippen molar-refractivity contribution in [3.05, 3.63) is 95.5 Å². The molecule has 1 aliphatic rings. The average Bonchev–Trinajstić information content (AvgIpc) is 2.51. The molecule has 0 radical (unpaired) electrons. The Labute approximate surface area is 132 Å². The van der Waals surface area contributed by atoms with Gasteiger partial charge in [-0.2, -0.15) is 0 Å². The molecule has 0 aromatic heterocycles. The van der Waals surface area contributed by atoms with Crippen LogP contribution in [0.15, 0.2) is 66.9 Å². The van der Waals surface area contributed by atoms with E-state index in [4.69, 9.17) is 0 Å². The molecule has 116 valence electrons. The average molecular weight is 313 g/mol. The molecule has 4 heteroatoms. The Morgan fingerprint density at radius 1 is 0.913 bits per heavy atom. The van der Waals surface area contributed by atoms with Gasteiger partial charge in [0.1, 0.15) is 17.5 Å². The maximum atomic E-state index is 14.3. The molecular weight excluding hydrogens is 299 g/mol. The highest BCUT2D eigenvalue weighted by Crippen LogP contribution is 2.37. The largest absolute Gasteiger partial charge is 0.344 e. The minimum Gasteiger partial charge on any atom is -0.344 e. The van der Waals surface area contributed by atoms with E-state index in [0.717, 1.165) is 5.56 Å². The molecule has 1 heterocycles. The Kier molecular flexibility index (Phi) is 3.82. The highest BCUT2D eigenvalue weighted by molar-refractivity contribution is 5.97. The van der Waals surface area contributed by atoms with Crippen molar-refractivity contribution < 1.29 is 13.2 Å². The van der Waals surface area contributed by atoms with Crippen LogP contribution in [0.5, 0.6) is 0 Å². The summed E-state index contributed by atoms with van der Waals surface area (Å²) in [6.45, 7) is 3.86. The summed E-state index contributed by atoms with van der Waals surface area (Å²) in [7, 11) is 1.67. The van der Waals surface area contributed by atoms with Crippen molar-refractivity contribution in [2.45, 2.75) is 0 Å². The van der Waals surface area contributed by atoms with E-state index < -0.39 is 17.5 Å². The van der Waals surface area contributed by atoms with Crippen molar-refractivity contribution in [2.24, 2.45) is 0 Å². The molecule has 0 amide bonds. The molecule has 1 nitrogen and oxygen atoms in total. The summed E-state index contributed by atoms with van der Waals surface area (Å²) in [6, 6.07) is 10.6. The van der Waals surface area contributed by atoms with E-state index in [1.807, 2.05) is 30.3 Å². The van der Waals surface area contributed by atoms with Gasteiger partial charge in [-0.15, -0.1) is 0 Å². The minimum absolute atomic E-state index is 0.266. The maximum absolute atomic E-state index is 14.3. The first-order valence-corrected chi connectivity index (χ1v) is 7.04. The van der Waals surface area contributed by atoms with Gasteiger partial charge < -0.3 is 4.90 Å². The van der Waals surface area contributed by atoms with Gasteiger partial charge in [-0.3, -0.25) is 0 Å². The molecule has 0 bridgehead atoms. The van der Waals surface area contributed by atoms with Crippen molar-refractivity contribution >= 4 is 11.3 Å². The first-order valence-electron chi connectivity index (χ1n) is 7.04. The van der Waals surface area contributed by atoms with Gasteiger partial charge in [0.2, 0.25) is 0 Å². The van der Waals surface area contributed by atoms with Gasteiger partial charge >= 0.3 is 0 Å². The fraction of sp³-hybridized carbons (Fsp3) is 0.0526. The van der Waals surface area contributed by atoms with E-state index in [0.29, 0.717) is 29.1 Å². The van der Waals surface area contributed by atoms with Gasteiger partial charge in [0.25, 0.3) is 0 Å². The van der Waals surface area contributed by atoms with Gasteiger partial charge in [-0.25, -0.2) is 13.2 Å². The topological polar surface area (TPSA) is 3.24 Å². The molecule has 0 fully saturated rings. The summed E-state index contributed by atoms with van der Waals surface area (Å²) in [5.41, 5.74) is 2.09. The number of likely N-dealkylation sites (N-methyl/N-ethyl adjacent to an activating group) is 1. The lowest BCUT2D eigenvalue weighted by atomic mass is 9.94. The van der Waals surface area contributed by atoms with Crippen molar-refractivity contribution in [3.8, 4) is 0 Å². The van der Waals surface area contributed by atoms with Crippen LogP contribution in [0.4, 0.5) is 13.2 Å². The van der Waals surface area contributed by atoms with E-state index in [1.165, 1.54) is 0 Å². The molecule has 3 rings (SSSR count).